The van der Waals surface area contributed by atoms with Crippen molar-refractivity contribution in [2.75, 3.05) is 19.5 Å². The minimum Gasteiger partial charge on any atom is -0.495 e. The maximum Gasteiger partial charge on any atom is 0.248 e. The predicted molar refractivity (Wildman–Crippen MR) is 102 cm³/mol. The molecule has 0 atom stereocenters. The van der Waals surface area contributed by atoms with E-state index in [2.05, 4.69) is 26.1 Å². The van der Waals surface area contributed by atoms with Gasteiger partial charge in [-0.3, -0.25) is 4.79 Å². The number of carbonyl (C=O) groups is 1. The van der Waals surface area contributed by atoms with E-state index in [9.17, 15) is 9.18 Å². The summed E-state index contributed by atoms with van der Waals surface area (Å²) in [5.41, 5.74) is 2.18. The first-order valence-corrected chi connectivity index (χ1v) is 8.25. The normalized spacial score (nSPS) is 11.5. The molecule has 0 saturated heterocycles. The minimum atomic E-state index is -0.477. The van der Waals surface area contributed by atoms with Crippen molar-refractivity contribution in [1.29, 1.82) is 0 Å². The van der Waals surface area contributed by atoms with Gasteiger partial charge >= 0.3 is 0 Å². The van der Waals surface area contributed by atoms with Crippen LogP contribution >= 0.6 is 0 Å². The average molecular weight is 357 g/mol. The van der Waals surface area contributed by atoms with E-state index in [1.54, 1.807) is 13.2 Å². The van der Waals surface area contributed by atoms with Crippen molar-refractivity contribution in [1.82, 2.24) is 0 Å². The van der Waals surface area contributed by atoms with Crippen molar-refractivity contribution in [3.63, 3.8) is 0 Å². The van der Waals surface area contributed by atoms with E-state index in [0.717, 1.165) is 5.56 Å². The monoisotopic (exact) mass is 357 g/mol. The number of hydrogen-bond acceptors (Lipinski definition) is 3. The fourth-order valence-electron chi connectivity index (χ4n) is 2.40. The number of rotatable bonds is 5. The lowest BCUT2D eigenvalue weighted by molar-refractivity contribution is -0.111. The fourth-order valence-corrected chi connectivity index (χ4v) is 2.40. The smallest absolute Gasteiger partial charge is 0.248 e. The summed E-state index contributed by atoms with van der Waals surface area (Å²) in [6, 6.07) is 10.2. The van der Waals surface area contributed by atoms with Crippen LogP contribution in [0.15, 0.2) is 42.5 Å². The number of methoxy groups -OCH3 is 2. The molecule has 0 aliphatic carbocycles. The number of anilines is 1. The number of amides is 1. The molecule has 0 bridgehead atoms. The topological polar surface area (TPSA) is 47.6 Å². The Balaban J connectivity index is 2.17. The SMILES string of the molecule is COc1ccc(/C=C/C(=O)Nc2cc(C(C)(C)C)ccc2OC)cc1F. The van der Waals surface area contributed by atoms with Gasteiger partial charge < -0.3 is 14.8 Å². The molecule has 4 nitrogen and oxygen atoms in total. The van der Waals surface area contributed by atoms with Crippen molar-refractivity contribution in [3.05, 3.63) is 59.4 Å². The predicted octanol–water partition coefficient (Wildman–Crippen LogP) is 4.79. The number of carbonyl (C=O) groups excluding carboxylic acids is 1. The summed E-state index contributed by atoms with van der Waals surface area (Å²) in [4.78, 5) is 12.3. The molecule has 138 valence electrons. The molecule has 0 aliphatic heterocycles. The molecule has 2 rings (SSSR count). The van der Waals surface area contributed by atoms with Gasteiger partial charge in [-0.25, -0.2) is 4.39 Å². The first kappa shape index (κ1) is 19.5. The molecule has 5 heteroatoms. The Morgan fingerprint density at radius 3 is 2.27 bits per heavy atom. The van der Waals surface area contributed by atoms with Crippen LogP contribution in [0.4, 0.5) is 10.1 Å². The van der Waals surface area contributed by atoms with Crippen LogP contribution in [0.1, 0.15) is 31.9 Å². The summed E-state index contributed by atoms with van der Waals surface area (Å²) >= 11 is 0. The van der Waals surface area contributed by atoms with Crippen molar-refractivity contribution < 1.29 is 18.7 Å². The average Bonchev–Trinajstić information content (AvgIpc) is 2.59. The van der Waals surface area contributed by atoms with Crippen molar-refractivity contribution >= 4 is 17.7 Å². The molecule has 0 aromatic heterocycles. The number of hydrogen-bond donors (Lipinski definition) is 1. The highest BCUT2D eigenvalue weighted by Gasteiger charge is 2.16. The lowest BCUT2D eigenvalue weighted by atomic mass is 9.87. The highest BCUT2D eigenvalue weighted by Crippen LogP contribution is 2.31. The van der Waals surface area contributed by atoms with Crippen molar-refractivity contribution in [3.8, 4) is 11.5 Å². The maximum absolute atomic E-state index is 13.7. The molecular weight excluding hydrogens is 333 g/mol. The van der Waals surface area contributed by atoms with E-state index in [0.29, 0.717) is 17.0 Å². The van der Waals surface area contributed by atoms with Crippen molar-refractivity contribution in [2.45, 2.75) is 26.2 Å². The van der Waals surface area contributed by atoms with Crippen LogP contribution in [0.2, 0.25) is 0 Å². The minimum absolute atomic E-state index is 0.0534. The second kappa shape index (κ2) is 8.04. The summed E-state index contributed by atoms with van der Waals surface area (Å²) in [5, 5.41) is 2.81. The summed E-state index contributed by atoms with van der Waals surface area (Å²) in [6.45, 7) is 6.29. The molecule has 26 heavy (non-hydrogen) atoms. The molecule has 2 aromatic rings. The Morgan fingerprint density at radius 1 is 1.04 bits per heavy atom. The lowest BCUT2D eigenvalue weighted by Gasteiger charge is -2.21. The molecular formula is C21H24FNO3. The van der Waals surface area contributed by atoms with Crippen LogP contribution in [-0.2, 0) is 10.2 Å². The van der Waals surface area contributed by atoms with Gasteiger partial charge in [0.1, 0.15) is 5.75 Å². The Morgan fingerprint density at radius 2 is 1.69 bits per heavy atom. The van der Waals surface area contributed by atoms with Crippen LogP contribution in [0.25, 0.3) is 6.08 Å². The molecule has 1 amide bonds. The zero-order valence-electron chi connectivity index (χ0n) is 15.7. The van der Waals surface area contributed by atoms with Gasteiger partial charge in [-0.1, -0.05) is 32.9 Å². The van der Waals surface area contributed by atoms with Gasteiger partial charge in [-0.05, 0) is 46.9 Å². The van der Waals surface area contributed by atoms with Gasteiger partial charge in [0.15, 0.2) is 11.6 Å². The Kier molecular flexibility index (Phi) is 6.03. The Labute approximate surface area is 153 Å². The number of nitrogens with one attached hydrogen (secondary N) is 1. The molecule has 0 heterocycles. The second-order valence-corrected chi connectivity index (χ2v) is 6.88. The largest absolute Gasteiger partial charge is 0.495 e. The molecule has 2 aromatic carbocycles. The summed E-state index contributed by atoms with van der Waals surface area (Å²) in [7, 11) is 2.96. The van der Waals surface area contributed by atoms with E-state index in [-0.39, 0.29) is 17.1 Å². The molecule has 1 N–H and O–H groups in total. The van der Waals surface area contributed by atoms with Gasteiger partial charge in [0.05, 0.1) is 19.9 Å². The highest BCUT2D eigenvalue weighted by molar-refractivity contribution is 6.02. The van der Waals surface area contributed by atoms with Crippen LogP contribution in [0.5, 0.6) is 11.5 Å². The van der Waals surface area contributed by atoms with Gasteiger partial charge in [-0.2, -0.15) is 0 Å². The van der Waals surface area contributed by atoms with Crippen LogP contribution in [0.3, 0.4) is 0 Å². The van der Waals surface area contributed by atoms with Gasteiger partial charge in [0.25, 0.3) is 0 Å². The summed E-state index contributed by atoms with van der Waals surface area (Å²) in [5.74, 6) is -0.0641. The first-order chi connectivity index (χ1) is 12.2. The van der Waals surface area contributed by atoms with Gasteiger partial charge in [0, 0.05) is 6.08 Å². The summed E-state index contributed by atoms with van der Waals surface area (Å²) < 4.78 is 23.9. The Hall–Kier alpha value is -2.82. The zero-order valence-corrected chi connectivity index (χ0v) is 15.7. The molecule has 0 radical (unpaired) electrons. The first-order valence-electron chi connectivity index (χ1n) is 8.25. The van der Waals surface area contributed by atoms with E-state index >= 15 is 0 Å². The third-order valence-corrected chi connectivity index (χ3v) is 3.93. The van der Waals surface area contributed by atoms with E-state index in [1.165, 1.54) is 31.4 Å². The fraction of sp³-hybridized carbons (Fsp3) is 0.286. The third-order valence-electron chi connectivity index (χ3n) is 3.93. The molecule has 0 aliphatic rings. The molecule has 0 fully saturated rings. The summed E-state index contributed by atoms with van der Waals surface area (Å²) in [6.07, 6.45) is 2.89. The molecule has 0 saturated carbocycles. The second-order valence-electron chi connectivity index (χ2n) is 6.88. The third kappa shape index (κ3) is 4.85. The standard InChI is InChI=1S/C21H24FNO3/c1-21(2,3)15-8-10-19(26-5)17(13-15)23-20(24)11-7-14-6-9-18(25-4)16(22)12-14/h6-13H,1-5H3,(H,23,24)/b11-7+. The van der Waals surface area contributed by atoms with Crippen LogP contribution in [0, 0.1) is 5.82 Å². The number of ether oxygens (including phenoxy) is 2. The highest BCUT2D eigenvalue weighted by atomic mass is 19.1. The molecule has 0 unspecified atom stereocenters. The number of halogens is 1. The van der Waals surface area contributed by atoms with E-state index in [1.807, 2.05) is 18.2 Å². The zero-order chi connectivity index (χ0) is 19.3. The lowest BCUT2D eigenvalue weighted by Crippen LogP contribution is -2.14. The number of benzene rings is 2. The van der Waals surface area contributed by atoms with Crippen LogP contribution < -0.4 is 14.8 Å². The van der Waals surface area contributed by atoms with Crippen LogP contribution in [-0.4, -0.2) is 20.1 Å². The maximum atomic E-state index is 13.7. The Bertz CT molecular complexity index is 822. The van der Waals surface area contributed by atoms with E-state index in [4.69, 9.17) is 9.47 Å². The quantitative estimate of drug-likeness (QED) is 0.783. The van der Waals surface area contributed by atoms with Gasteiger partial charge in [-0.15, -0.1) is 0 Å². The van der Waals surface area contributed by atoms with Gasteiger partial charge in [0.2, 0.25) is 5.91 Å². The van der Waals surface area contributed by atoms with E-state index < -0.39 is 5.82 Å². The molecule has 0 spiro atoms. The van der Waals surface area contributed by atoms with Crippen molar-refractivity contribution in [2.24, 2.45) is 0 Å².